The van der Waals surface area contributed by atoms with Crippen LogP contribution in [0.4, 0.5) is 0 Å². The summed E-state index contributed by atoms with van der Waals surface area (Å²) in [4.78, 5) is 14.7. The third kappa shape index (κ3) is 4.52. The van der Waals surface area contributed by atoms with Crippen LogP contribution in [0.15, 0.2) is 12.1 Å². The topological polar surface area (TPSA) is 66.9 Å². The number of aryl methyl sites for hydroxylation is 2. The van der Waals surface area contributed by atoms with Crippen LogP contribution in [0.2, 0.25) is 0 Å². The molecule has 0 saturated carbocycles. The van der Waals surface area contributed by atoms with Crippen molar-refractivity contribution >= 4 is 15.9 Å². The second-order valence-corrected chi connectivity index (χ2v) is 8.59. The van der Waals surface area contributed by atoms with Crippen molar-refractivity contribution in [1.29, 1.82) is 0 Å². The zero-order valence-corrected chi connectivity index (χ0v) is 16.4. The first-order valence-corrected chi connectivity index (χ1v) is 10.3. The normalized spacial score (nSPS) is 16.6. The number of sulfonamides is 1. The Morgan fingerprint density at radius 3 is 2.48 bits per heavy atom. The van der Waals surface area contributed by atoms with Crippen molar-refractivity contribution in [2.45, 2.75) is 33.6 Å². The molecule has 0 radical (unpaired) electrons. The summed E-state index contributed by atoms with van der Waals surface area (Å²) >= 11 is 0. The number of amides is 1. The van der Waals surface area contributed by atoms with Crippen LogP contribution >= 0.6 is 0 Å². The zero-order valence-electron chi connectivity index (χ0n) is 15.5. The third-order valence-corrected chi connectivity index (χ3v) is 6.65. The SMILES string of the molecule is CCCS(=O)(=O)N1CCCN(C(=O)c2cc(C)c(OC)cc2C)CC1. The molecule has 1 saturated heterocycles. The van der Waals surface area contributed by atoms with Gasteiger partial charge >= 0.3 is 0 Å². The molecule has 1 fully saturated rings. The standard InChI is InChI=1S/C18H28N2O4S/c1-5-11-25(22,23)20-8-6-7-19(9-10-20)18(21)16-12-15(3)17(24-4)13-14(16)2/h12-13H,5-11H2,1-4H3. The summed E-state index contributed by atoms with van der Waals surface area (Å²) < 4.78 is 31.4. The summed E-state index contributed by atoms with van der Waals surface area (Å²) in [6.45, 7) is 7.50. The Kier molecular flexibility index (Phi) is 6.46. The van der Waals surface area contributed by atoms with Gasteiger partial charge in [-0.2, -0.15) is 0 Å². The number of carbonyl (C=O) groups excluding carboxylic acids is 1. The van der Waals surface area contributed by atoms with Gasteiger partial charge < -0.3 is 9.64 Å². The molecule has 0 spiro atoms. The van der Waals surface area contributed by atoms with E-state index in [1.54, 1.807) is 12.0 Å². The number of ether oxygens (including phenoxy) is 1. The molecule has 1 aromatic carbocycles. The van der Waals surface area contributed by atoms with Crippen molar-refractivity contribution in [3.63, 3.8) is 0 Å². The van der Waals surface area contributed by atoms with Gasteiger partial charge in [0, 0.05) is 31.7 Å². The number of nitrogens with zero attached hydrogens (tertiary/aromatic N) is 2. The monoisotopic (exact) mass is 368 g/mol. The molecule has 140 valence electrons. The lowest BCUT2D eigenvalue weighted by Gasteiger charge is -2.23. The molecule has 1 aliphatic heterocycles. The molecule has 2 rings (SSSR count). The number of methoxy groups -OCH3 is 1. The molecule has 0 aliphatic carbocycles. The van der Waals surface area contributed by atoms with E-state index < -0.39 is 10.0 Å². The van der Waals surface area contributed by atoms with Gasteiger partial charge in [-0.1, -0.05) is 6.92 Å². The Balaban J connectivity index is 2.15. The average Bonchev–Trinajstić information content (AvgIpc) is 2.82. The van der Waals surface area contributed by atoms with E-state index >= 15 is 0 Å². The molecule has 1 aromatic rings. The minimum atomic E-state index is -3.22. The maximum Gasteiger partial charge on any atom is 0.254 e. The Labute approximate surface area is 150 Å². The van der Waals surface area contributed by atoms with Crippen molar-refractivity contribution in [2.24, 2.45) is 0 Å². The highest BCUT2D eigenvalue weighted by atomic mass is 32.2. The highest BCUT2D eigenvalue weighted by Gasteiger charge is 2.27. The van der Waals surface area contributed by atoms with E-state index in [-0.39, 0.29) is 11.7 Å². The molecule has 0 atom stereocenters. The maximum atomic E-state index is 12.9. The minimum Gasteiger partial charge on any atom is -0.496 e. The van der Waals surface area contributed by atoms with E-state index in [2.05, 4.69) is 0 Å². The number of hydrogen-bond donors (Lipinski definition) is 0. The lowest BCUT2D eigenvalue weighted by molar-refractivity contribution is 0.0763. The van der Waals surface area contributed by atoms with E-state index in [1.165, 1.54) is 4.31 Å². The molecule has 0 bridgehead atoms. The second-order valence-electron chi connectivity index (χ2n) is 6.50. The van der Waals surface area contributed by atoms with Gasteiger partial charge in [0.05, 0.1) is 12.9 Å². The Hall–Kier alpha value is -1.60. The average molecular weight is 368 g/mol. The van der Waals surface area contributed by atoms with Gasteiger partial charge in [-0.25, -0.2) is 12.7 Å². The predicted molar refractivity (Wildman–Crippen MR) is 98.6 cm³/mol. The lowest BCUT2D eigenvalue weighted by Crippen LogP contribution is -2.38. The van der Waals surface area contributed by atoms with E-state index in [9.17, 15) is 13.2 Å². The Morgan fingerprint density at radius 1 is 1.12 bits per heavy atom. The van der Waals surface area contributed by atoms with Gasteiger partial charge in [0.1, 0.15) is 5.75 Å². The Morgan fingerprint density at radius 2 is 1.84 bits per heavy atom. The molecule has 0 aromatic heterocycles. The summed E-state index contributed by atoms with van der Waals surface area (Å²) in [7, 11) is -1.60. The van der Waals surface area contributed by atoms with Crippen molar-refractivity contribution in [1.82, 2.24) is 9.21 Å². The Bertz CT molecular complexity index is 731. The summed E-state index contributed by atoms with van der Waals surface area (Å²) in [5.74, 6) is 0.886. The van der Waals surface area contributed by atoms with Crippen LogP contribution < -0.4 is 4.74 Å². The van der Waals surface area contributed by atoms with Gasteiger partial charge in [-0.05, 0) is 49.9 Å². The fourth-order valence-corrected chi connectivity index (χ4v) is 4.71. The van der Waals surface area contributed by atoms with Crippen molar-refractivity contribution < 1.29 is 17.9 Å². The number of rotatable bonds is 5. The molecule has 1 amide bonds. The summed E-state index contributed by atoms with van der Waals surface area (Å²) in [5, 5.41) is 0. The van der Waals surface area contributed by atoms with Crippen LogP contribution in [-0.2, 0) is 10.0 Å². The van der Waals surface area contributed by atoms with Gasteiger partial charge in [0.15, 0.2) is 0 Å². The molecule has 25 heavy (non-hydrogen) atoms. The molecule has 0 N–H and O–H groups in total. The van der Waals surface area contributed by atoms with E-state index in [1.807, 2.05) is 32.9 Å². The van der Waals surface area contributed by atoms with Crippen molar-refractivity contribution in [3.05, 3.63) is 28.8 Å². The molecule has 1 heterocycles. The zero-order chi connectivity index (χ0) is 18.6. The number of carbonyl (C=O) groups is 1. The van der Waals surface area contributed by atoms with Crippen LogP contribution in [0.25, 0.3) is 0 Å². The summed E-state index contributed by atoms with van der Waals surface area (Å²) in [5.41, 5.74) is 2.44. The van der Waals surface area contributed by atoms with Gasteiger partial charge in [-0.3, -0.25) is 4.79 Å². The molecule has 1 aliphatic rings. The quantitative estimate of drug-likeness (QED) is 0.799. The predicted octanol–water partition coefficient (Wildman–Crippen LogP) is 2.20. The van der Waals surface area contributed by atoms with Crippen molar-refractivity contribution in [2.75, 3.05) is 39.0 Å². The summed E-state index contributed by atoms with van der Waals surface area (Å²) in [6.07, 6.45) is 1.26. The maximum absolute atomic E-state index is 12.9. The first kappa shape index (κ1) is 19.7. The van der Waals surface area contributed by atoms with E-state index in [4.69, 9.17) is 4.74 Å². The van der Waals surface area contributed by atoms with E-state index in [0.29, 0.717) is 44.6 Å². The first-order chi connectivity index (χ1) is 11.8. The fourth-order valence-electron chi connectivity index (χ4n) is 3.17. The first-order valence-electron chi connectivity index (χ1n) is 8.72. The van der Waals surface area contributed by atoms with E-state index in [0.717, 1.165) is 16.9 Å². The largest absolute Gasteiger partial charge is 0.496 e. The molecule has 7 heteroatoms. The molecular formula is C18H28N2O4S. The molecule has 6 nitrogen and oxygen atoms in total. The molecule has 0 unspecified atom stereocenters. The highest BCUT2D eigenvalue weighted by Crippen LogP contribution is 2.24. The second kappa shape index (κ2) is 8.19. The number of hydrogen-bond acceptors (Lipinski definition) is 4. The van der Waals surface area contributed by atoms with Crippen LogP contribution in [-0.4, -0.2) is 62.6 Å². The lowest BCUT2D eigenvalue weighted by atomic mass is 10.0. The van der Waals surface area contributed by atoms with Crippen LogP contribution in [0.5, 0.6) is 5.75 Å². The number of benzene rings is 1. The fraction of sp³-hybridized carbons (Fsp3) is 0.611. The molecular weight excluding hydrogens is 340 g/mol. The van der Waals surface area contributed by atoms with Gasteiger partial charge in [0.25, 0.3) is 5.91 Å². The van der Waals surface area contributed by atoms with Gasteiger partial charge in [0.2, 0.25) is 10.0 Å². The minimum absolute atomic E-state index is 0.0435. The highest BCUT2D eigenvalue weighted by molar-refractivity contribution is 7.89. The van der Waals surface area contributed by atoms with Crippen LogP contribution in [0.1, 0.15) is 41.3 Å². The smallest absolute Gasteiger partial charge is 0.254 e. The van der Waals surface area contributed by atoms with Crippen molar-refractivity contribution in [3.8, 4) is 5.75 Å². The van der Waals surface area contributed by atoms with Gasteiger partial charge in [-0.15, -0.1) is 0 Å². The van der Waals surface area contributed by atoms with Crippen LogP contribution in [0, 0.1) is 13.8 Å². The summed E-state index contributed by atoms with van der Waals surface area (Å²) in [6, 6.07) is 3.73. The van der Waals surface area contributed by atoms with Crippen LogP contribution in [0.3, 0.4) is 0 Å². The third-order valence-electron chi connectivity index (χ3n) is 4.57.